The molecule has 0 radical (unpaired) electrons. The lowest BCUT2D eigenvalue weighted by Crippen LogP contribution is -2.33. The van der Waals surface area contributed by atoms with E-state index in [0.717, 1.165) is 12.1 Å². The van der Waals surface area contributed by atoms with Gasteiger partial charge >= 0.3 is 6.18 Å². The fraction of sp³-hybridized carbons (Fsp3) is 0.455. The predicted octanol–water partition coefficient (Wildman–Crippen LogP) is 2.39. The first-order chi connectivity index (χ1) is 9.60. The Hall–Kier alpha value is -1.19. The van der Waals surface area contributed by atoms with Gasteiger partial charge in [-0.2, -0.15) is 13.2 Å². The molecule has 0 saturated heterocycles. The zero-order chi connectivity index (χ0) is 15.8. The van der Waals surface area contributed by atoms with Gasteiger partial charge in [0.1, 0.15) is 0 Å². The van der Waals surface area contributed by atoms with E-state index >= 15 is 0 Å². The van der Waals surface area contributed by atoms with Gasteiger partial charge in [0, 0.05) is 6.42 Å². The van der Waals surface area contributed by atoms with Gasteiger partial charge in [0.05, 0.1) is 18.2 Å². The molecule has 2 rings (SSSR count). The van der Waals surface area contributed by atoms with E-state index in [0.29, 0.717) is 13.0 Å². The molecule has 21 heavy (non-hydrogen) atoms. The number of alkyl halides is 3. The SMILES string of the molecule is NS(=O)(=O)C(c1cc(Cl)c2c(c1)OCCCO2)C(F)(F)F. The van der Waals surface area contributed by atoms with Gasteiger partial charge in [0.25, 0.3) is 0 Å². The van der Waals surface area contributed by atoms with Crippen LogP contribution in [0.3, 0.4) is 0 Å². The molecule has 0 saturated carbocycles. The maximum atomic E-state index is 13.0. The summed E-state index contributed by atoms with van der Waals surface area (Å²) in [4.78, 5) is 0. The van der Waals surface area contributed by atoms with E-state index in [2.05, 4.69) is 0 Å². The minimum atomic E-state index is -5.07. The van der Waals surface area contributed by atoms with Gasteiger partial charge < -0.3 is 9.47 Å². The number of hydrogen-bond donors (Lipinski definition) is 1. The summed E-state index contributed by atoms with van der Waals surface area (Å²) in [6, 6.07) is 1.81. The zero-order valence-corrected chi connectivity index (χ0v) is 12.1. The minimum Gasteiger partial charge on any atom is -0.489 e. The van der Waals surface area contributed by atoms with E-state index in [1.807, 2.05) is 0 Å². The second-order valence-corrected chi connectivity index (χ2v) is 6.45. The molecule has 5 nitrogen and oxygen atoms in total. The normalized spacial score (nSPS) is 17.2. The number of fused-ring (bicyclic) bond motifs is 1. The van der Waals surface area contributed by atoms with Crippen molar-refractivity contribution in [2.45, 2.75) is 17.8 Å². The molecular formula is C11H11ClF3NO4S. The van der Waals surface area contributed by atoms with Crippen LogP contribution in [-0.4, -0.2) is 27.8 Å². The van der Waals surface area contributed by atoms with Crippen molar-refractivity contribution >= 4 is 21.6 Å². The van der Waals surface area contributed by atoms with Crippen molar-refractivity contribution in [3.05, 3.63) is 22.7 Å². The molecule has 118 valence electrons. The van der Waals surface area contributed by atoms with Gasteiger partial charge in [-0.25, -0.2) is 13.6 Å². The van der Waals surface area contributed by atoms with Crippen molar-refractivity contribution in [2.24, 2.45) is 5.14 Å². The maximum absolute atomic E-state index is 13.0. The molecule has 0 aliphatic carbocycles. The van der Waals surface area contributed by atoms with Crippen LogP contribution < -0.4 is 14.6 Å². The van der Waals surface area contributed by atoms with E-state index in [-0.39, 0.29) is 23.1 Å². The molecule has 0 aromatic heterocycles. The molecule has 1 aromatic rings. The Morgan fingerprint density at radius 1 is 1.24 bits per heavy atom. The van der Waals surface area contributed by atoms with Crippen molar-refractivity contribution in [1.82, 2.24) is 0 Å². The van der Waals surface area contributed by atoms with Gasteiger partial charge in [0.15, 0.2) is 16.7 Å². The first-order valence-corrected chi connectivity index (χ1v) is 7.77. The van der Waals surface area contributed by atoms with Gasteiger partial charge in [-0.1, -0.05) is 11.6 Å². The quantitative estimate of drug-likeness (QED) is 0.892. The summed E-state index contributed by atoms with van der Waals surface area (Å²) in [5.41, 5.74) is -0.612. The van der Waals surface area contributed by atoms with Crippen LogP contribution in [0, 0.1) is 0 Å². The van der Waals surface area contributed by atoms with Crippen LogP contribution in [0.5, 0.6) is 11.5 Å². The molecule has 0 fully saturated rings. The first kappa shape index (κ1) is 16.2. The van der Waals surface area contributed by atoms with Crippen LogP contribution in [0.1, 0.15) is 17.2 Å². The van der Waals surface area contributed by atoms with E-state index in [1.165, 1.54) is 0 Å². The first-order valence-electron chi connectivity index (χ1n) is 5.78. The zero-order valence-electron chi connectivity index (χ0n) is 10.5. The molecule has 0 amide bonds. The number of halogens is 4. The highest BCUT2D eigenvalue weighted by Gasteiger charge is 2.49. The van der Waals surface area contributed by atoms with Crippen LogP contribution in [0.15, 0.2) is 12.1 Å². The topological polar surface area (TPSA) is 78.6 Å². The Bertz CT molecular complexity index is 648. The van der Waals surface area contributed by atoms with E-state index in [4.69, 9.17) is 26.2 Å². The Kier molecular flexibility index (Phi) is 4.27. The fourth-order valence-corrected chi connectivity index (χ4v) is 3.13. The van der Waals surface area contributed by atoms with Crippen molar-refractivity contribution < 1.29 is 31.1 Å². The highest BCUT2D eigenvalue weighted by atomic mass is 35.5. The Morgan fingerprint density at radius 3 is 2.43 bits per heavy atom. The summed E-state index contributed by atoms with van der Waals surface area (Å²) < 4.78 is 72.0. The summed E-state index contributed by atoms with van der Waals surface area (Å²) in [5, 5.41) is 1.65. The van der Waals surface area contributed by atoms with Crippen LogP contribution in [0.25, 0.3) is 0 Å². The Morgan fingerprint density at radius 2 is 1.86 bits per heavy atom. The lowest BCUT2D eigenvalue weighted by molar-refractivity contribution is -0.131. The number of benzene rings is 1. The third-order valence-corrected chi connectivity index (χ3v) is 4.23. The highest BCUT2D eigenvalue weighted by molar-refractivity contribution is 7.89. The number of sulfonamides is 1. The second kappa shape index (κ2) is 5.54. The average Bonchev–Trinajstić information content (AvgIpc) is 2.50. The van der Waals surface area contributed by atoms with Gasteiger partial charge in [-0.05, 0) is 17.7 Å². The number of primary sulfonamides is 1. The molecule has 1 aliphatic heterocycles. The molecular weight excluding hydrogens is 335 g/mol. The number of nitrogens with two attached hydrogens (primary N) is 1. The standard InChI is InChI=1S/C11H11ClF3NO4S/c12-7-4-6(10(11(13,14)15)21(16,17)18)5-8-9(7)20-3-1-2-19-8/h4-5,10H,1-3H2,(H2,16,17,18). The molecule has 2 N–H and O–H groups in total. The van der Waals surface area contributed by atoms with Gasteiger partial charge in [-0.3, -0.25) is 0 Å². The van der Waals surface area contributed by atoms with E-state index in [9.17, 15) is 21.6 Å². The molecule has 1 aromatic carbocycles. The average molecular weight is 346 g/mol. The fourth-order valence-electron chi connectivity index (χ4n) is 1.97. The molecule has 1 heterocycles. The van der Waals surface area contributed by atoms with Crippen LogP contribution >= 0.6 is 11.6 Å². The summed E-state index contributed by atoms with van der Waals surface area (Å²) in [5.74, 6) is 0.0566. The Labute approximate surface area is 123 Å². The lowest BCUT2D eigenvalue weighted by atomic mass is 10.1. The summed E-state index contributed by atoms with van der Waals surface area (Å²) >= 11 is 5.86. The predicted molar refractivity (Wildman–Crippen MR) is 69.0 cm³/mol. The Balaban J connectivity index is 2.58. The van der Waals surface area contributed by atoms with Crippen molar-refractivity contribution in [1.29, 1.82) is 0 Å². The summed E-state index contributed by atoms with van der Waals surface area (Å²) in [6.45, 7) is 0.517. The molecule has 1 unspecified atom stereocenters. The molecule has 1 atom stereocenters. The van der Waals surface area contributed by atoms with Gasteiger partial charge in [-0.15, -0.1) is 0 Å². The molecule has 0 bridgehead atoms. The number of rotatable bonds is 2. The largest absolute Gasteiger partial charge is 0.489 e. The van der Waals surface area contributed by atoms with E-state index in [1.54, 1.807) is 0 Å². The molecule has 1 aliphatic rings. The third-order valence-electron chi connectivity index (χ3n) is 2.75. The number of hydrogen-bond acceptors (Lipinski definition) is 4. The van der Waals surface area contributed by atoms with Crippen LogP contribution in [-0.2, 0) is 10.0 Å². The summed E-state index contributed by atoms with van der Waals surface area (Å²) in [6.07, 6.45) is -4.55. The lowest BCUT2D eigenvalue weighted by Gasteiger charge is -2.20. The van der Waals surface area contributed by atoms with Crippen molar-refractivity contribution in [3.63, 3.8) is 0 Å². The van der Waals surface area contributed by atoms with Crippen LogP contribution in [0.2, 0.25) is 5.02 Å². The smallest absolute Gasteiger partial charge is 0.410 e. The summed E-state index contributed by atoms with van der Waals surface area (Å²) in [7, 11) is -4.91. The molecule has 0 spiro atoms. The minimum absolute atomic E-state index is 0.0344. The van der Waals surface area contributed by atoms with Crippen LogP contribution in [0.4, 0.5) is 13.2 Å². The van der Waals surface area contributed by atoms with Crippen molar-refractivity contribution in [2.75, 3.05) is 13.2 Å². The van der Waals surface area contributed by atoms with E-state index < -0.39 is 27.0 Å². The monoisotopic (exact) mass is 345 g/mol. The maximum Gasteiger partial charge on any atom is 0.410 e. The van der Waals surface area contributed by atoms with Crippen molar-refractivity contribution in [3.8, 4) is 11.5 Å². The second-order valence-electron chi connectivity index (χ2n) is 4.39. The highest BCUT2D eigenvalue weighted by Crippen LogP contribution is 2.44. The number of ether oxygens (including phenoxy) is 2. The molecule has 10 heteroatoms. The third kappa shape index (κ3) is 3.53. The van der Waals surface area contributed by atoms with Gasteiger partial charge in [0.2, 0.25) is 10.0 Å².